The summed E-state index contributed by atoms with van der Waals surface area (Å²) in [7, 11) is 0. The molecular formula is C13H25F3N2O. The number of ether oxygens (including phenoxy) is 1. The molecule has 1 heterocycles. The number of hydrogen-bond acceptors (Lipinski definition) is 3. The summed E-state index contributed by atoms with van der Waals surface area (Å²) in [6.07, 6.45) is -4.18. The van der Waals surface area contributed by atoms with Crippen molar-refractivity contribution < 1.29 is 17.9 Å². The van der Waals surface area contributed by atoms with Crippen LogP contribution < -0.4 is 5.32 Å². The van der Waals surface area contributed by atoms with Gasteiger partial charge in [-0.3, -0.25) is 4.90 Å². The number of rotatable bonds is 3. The van der Waals surface area contributed by atoms with Crippen molar-refractivity contribution in [3.8, 4) is 0 Å². The molecule has 0 amide bonds. The van der Waals surface area contributed by atoms with E-state index in [4.69, 9.17) is 4.74 Å². The minimum Gasteiger partial charge on any atom is -0.359 e. The molecule has 1 fully saturated rings. The molecule has 0 spiro atoms. The average molecular weight is 282 g/mol. The molecule has 1 aliphatic rings. The summed E-state index contributed by atoms with van der Waals surface area (Å²) < 4.78 is 42.6. The van der Waals surface area contributed by atoms with Crippen molar-refractivity contribution in [2.75, 3.05) is 13.2 Å². The molecule has 2 atom stereocenters. The monoisotopic (exact) mass is 282 g/mol. The van der Waals surface area contributed by atoms with Gasteiger partial charge in [0.15, 0.2) is 0 Å². The Morgan fingerprint density at radius 2 is 1.84 bits per heavy atom. The number of alkyl halides is 3. The van der Waals surface area contributed by atoms with Crippen LogP contribution in [0.1, 0.15) is 41.5 Å². The molecule has 1 saturated heterocycles. The Morgan fingerprint density at radius 1 is 1.32 bits per heavy atom. The molecule has 3 nitrogen and oxygen atoms in total. The summed E-state index contributed by atoms with van der Waals surface area (Å²) >= 11 is 0. The Labute approximate surface area is 113 Å². The molecule has 0 aliphatic carbocycles. The van der Waals surface area contributed by atoms with Crippen LogP contribution in [0.5, 0.6) is 0 Å². The highest BCUT2D eigenvalue weighted by molar-refractivity contribution is 4.98. The van der Waals surface area contributed by atoms with Crippen LogP contribution in [0.2, 0.25) is 0 Å². The van der Waals surface area contributed by atoms with Crippen LogP contribution in [-0.4, -0.2) is 47.6 Å². The van der Waals surface area contributed by atoms with Crippen molar-refractivity contribution >= 4 is 0 Å². The lowest BCUT2D eigenvalue weighted by Crippen LogP contribution is -2.59. The fourth-order valence-electron chi connectivity index (χ4n) is 2.92. The van der Waals surface area contributed by atoms with Gasteiger partial charge in [0.1, 0.15) is 5.72 Å². The van der Waals surface area contributed by atoms with Crippen molar-refractivity contribution in [3.63, 3.8) is 0 Å². The maximum atomic E-state index is 12.3. The zero-order chi connectivity index (χ0) is 15.1. The first-order chi connectivity index (χ1) is 8.34. The van der Waals surface area contributed by atoms with Gasteiger partial charge in [-0.1, -0.05) is 0 Å². The topological polar surface area (TPSA) is 24.5 Å². The van der Waals surface area contributed by atoms with Gasteiger partial charge < -0.3 is 10.1 Å². The van der Waals surface area contributed by atoms with Gasteiger partial charge in [-0.15, -0.1) is 0 Å². The second kappa shape index (κ2) is 5.22. The molecule has 0 aromatic rings. The lowest BCUT2D eigenvalue weighted by molar-refractivity contribution is -0.128. The van der Waals surface area contributed by atoms with Gasteiger partial charge in [0, 0.05) is 11.6 Å². The van der Waals surface area contributed by atoms with Gasteiger partial charge in [-0.2, -0.15) is 13.2 Å². The van der Waals surface area contributed by atoms with E-state index in [2.05, 4.69) is 10.2 Å². The third kappa shape index (κ3) is 4.33. The van der Waals surface area contributed by atoms with E-state index in [0.29, 0.717) is 6.61 Å². The molecule has 0 aromatic heterocycles. The van der Waals surface area contributed by atoms with Crippen molar-refractivity contribution in [3.05, 3.63) is 0 Å². The molecular weight excluding hydrogens is 257 g/mol. The second-order valence-electron chi connectivity index (χ2n) is 6.65. The van der Waals surface area contributed by atoms with E-state index in [1.165, 1.54) is 0 Å². The van der Waals surface area contributed by atoms with Crippen molar-refractivity contribution in [1.29, 1.82) is 0 Å². The average Bonchev–Trinajstić information content (AvgIpc) is 2.48. The quantitative estimate of drug-likeness (QED) is 0.861. The first-order valence-electron chi connectivity index (χ1n) is 6.58. The maximum Gasteiger partial charge on any atom is 0.401 e. The zero-order valence-electron chi connectivity index (χ0n) is 12.6. The fourth-order valence-corrected chi connectivity index (χ4v) is 2.92. The van der Waals surface area contributed by atoms with E-state index in [-0.39, 0.29) is 17.6 Å². The molecule has 0 radical (unpaired) electrons. The van der Waals surface area contributed by atoms with Gasteiger partial charge >= 0.3 is 6.18 Å². The Morgan fingerprint density at radius 3 is 2.26 bits per heavy atom. The predicted octanol–water partition coefficient (Wildman–Crippen LogP) is 2.76. The van der Waals surface area contributed by atoms with Crippen molar-refractivity contribution in [2.45, 2.75) is 71.1 Å². The Hall–Kier alpha value is -0.330. The summed E-state index contributed by atoms with van der Waals surface area (Å²) in [6.45, 7) is 11.3. The molecule has 0 saturated carbocycles. The number of halogens is 3. The van der Waals surface area contributed by atoms with E-state index in [1.54, 1.807) is 6.92 Å². The molecule has 1 rings (SSSR count). The molecule has 0 aromatic carbocycles. The minimum atomic E-state index is -4.18. The lowest BCUT2D eigenvalue weighted by atomic mass is 9.97. The molecule has 1 N–H and O–H groups in total. The summed E-state index contributed by atoms with van der Waals surface area (Å²) in [4.78, 5) is 2.15. The van der Waals surface area contributed by atoms with E-state index in [0.717, 1.165) is 0 Å². The van der Waals surface area contributed by atoms with E-state index in [1.807, 2.05) is 34.6 Å². The molecule has 6 heteroatoms. The molecule has 19 heavy (non-hydrogen) atoms. The SMILES string of the molecule is CC(NCC(F)(F)F)C1COC(C)(C)N1C(C)(C)C. The molecule has 2 unspecified atom stereocenters. The van der Waals surface area contributed by atoms with E-state index >= 15 is 0 Å². The lowest BCUT2D eigenvalue weighted by Gasteiger charge is -2.45. The highest BCUT2D eigenvalue weighted by Gasteiger charge is 2.48. The fraction of sp³-hybridized carbons (Fsp3) is 1.00. The number of nitrogens with zero attached hydrogens (tertiary/aromatic N) is 1. The summed E-state index contributed by atoms with van der Waals surface area (Å²) in [5.41, 5.74) is -0.629. The minimum absolute atomic E-state index is 0.0719. The number of nitrogens with one attached hydrogen (secondary N) is 1. The number of hydrogen-bond donors (Lipinski definition) is 1. The van der Waals surface area contributed by atoms with Gasteiger partial charge in [-0.05, 0) is 41.5 Å². The van der Waals surface area contributed by atoms with Crippen molar-refractivity contribution in [1.82, 2.24) is 10.2 Å². The molecule has 1 aliphatic heterocycles. The third-order valence-corrected chi connectivity index (χ3v) is 3.44. The summed E-state index contributed by atoms with van der Waals surface area (Å²) in [6, 6.07) is -0.361. The molecule has 114 valence electrons. The van der Waals surface area contributed by atoms with Crippen LogP contribution in [0.3, 0.4) is 0 Å². The Bertz CT molecular complexity index is 310. The van der Waals surface area contributed by atoms with Gasteiger partial charge in [0.25, 0.3) is 0 Å². The normalized spacial score (nSPS) is 26.7. The second-order valence-corrected chi connectivity index (χ2v) is 6.65. The van der Waals surface area contributed by atoms with Crippen LogP contribution in [0, 0.1) is 0 Å². The first-order valence-corrected chi connectivity index (χ1v) is 6.58. The van der Waals surface area contributed by atoms with Crippen LogP contribution in [0.25, 0.3) is 0 Å². The largest absolute Gasteiger partial charge is 0.401 e. The molecule has 0 bridgehead atoms. The highest BCUT2D eigenvalue weighted by atomic mass is 19.4. The van der Waals surface area contributed by atoms with Crippen molar-refractivity contribution in [2.24, 2.45) is 0 Å². The van der Waals surface area contributed by atoms with Crippen LogP contribution in [-0.2, 0) is 4.74 Å². The smallest absolute Gasteiger partial charge is 0.359 e. The standard InChI is InChI=1S/C13H25F3N2O/c1-9(17-8-13(14,15)16)10-7-19-12(5,6)18(10)11(2,3)4/h9-10,17H,7-8H2,1-6H3. The Balaban J connectivity index is 2.76. The van der Waals surface area contributed by atoms with Crippen LogP contribution >= 0.6 is 0 Å². The highest BCUT2D eigenvalue weighted by Crippen LogP contribution is 2.35. The van der Waals surface area contributed by atoms with Crippen LogP contribution in [0.15, 0.2) is 0 Å². The van der Waals surface area contributed by atoms with Crippen LogP contribution in [0.4, 0.5) is 13.2 Å². The first kappa shape index (κ1) is 16.7. The van der Waals surface area contributed by atoms with Gasteiger partial charge in [0.2, 0.25) is 0 Å². The van der Waals surface area contributed by atoms with Gasteiger partial charge in [-0.25, -0.2) is 0 Å². The summed E-state index contributed by atoms with van der Waals surface area (Å²) in [5.74, 6) is 0. The van der Waals surface area contributed by atoms with E-state index in [9.17, 15) is 13.2 Å². The maximum absolute atomic E-state index is 12.3. The van der Waals surface area contributed by atoms with E-state index < -0.39 is 18.4 Å². The zero-order valence-corrected chi connectivity index (χ0v) is 12.6. The summed E-state index contributed by atoms with van der Waals surface area (Å²) in [5, 5.41) is 2.56. The van der Waals surface area contributed by atoms with Gasteiger partial charge in [0.05, 0.1) is 19.2 Å². The predicted molar refractivity (Wildman–Crippen MR) is 68.9 cm³/mol. The Kier molecular flexibility index (Phi) is 4.59. The third-order valence-electron chi connectivity index (χ3n) is 3.44.